The molecule has 4 rings (SSSR count). The van der Waals surface area contributed by atoms with Crippen molar-refractivity contribution in [3.8, 4) is 0 Å². The van der Waals surface area contributed by atoms with Crippen molar-refractivity contribution < 1.29 is 9.82 Å². The average Bonchev–Trinajstić information content (AvgIpc) is 2.99. The summed E-state index contributed by atoms with van der Waals surface area (Å²) >= 11 is 5.74. The summed E-state index contributed by atoms with van der Waals surface area (Å²) in [6.45, 7) is 7.72. The summed E-state index contributed by atoms with van der Waals surface area (Å²) in [6, 6.07) is 15.2. The van der Waals surface area contributed by atoms with Gasteiger partial charge in [-0.3, -0.25) is 14.7 Å². The minimum absolute atomic E-state index is 0.134. The van der Waals surface area contributed by atoms with Crippen molar-refractivity contribution >= 4 is 34.6 Å². The number of nitro benzene ring substituents is 1. The topological polar surface area (TPSA) is 60.7 Å². The van der Waals surface area contributed by atoms with Crippen molar-refractivity contribution in [3.05, 3.63) is 63.4 Å². The van der Waals surface area contributed by atoms with Crippen LogP contribution < -0.4 is 9.80 Å². The second-order valence-corrected chi connectivity index (χ2v) is 7.48. The lowest BCUT2D eigenvalue weighted by molar-refractivity contribution is -0.923. The van der Waals surface area contributed by atoms with Crippen molar-refractivity contribution in [2.45, 2.75) is 20.1 Å². The van der Waals surface area contributed by atoms with Crippen molar-refractivity contribution in [1.82, 2.24) is 9.13 Å². The molecule has 28 heavy (non-hydrogen) atoms. The van der Waals surface area contributed by atoms with E-state index in [-0.39, 0.29) is 10.6 Å². The third-order valence-electron chi connectivity index (χ3n) is 5.52. The highest BCUT2D eigenvalue weighted by Gasteiger charge is 2.22. The van der Waals surface area contributed by atoms with Gasteiger partial charge in [0.1, 0.15) is 0 Å². The van der Waals surface area contributed by atoms with Crippen LogP contribution in [-0.2, 0) is 13.2 Å². The molecule has 0 atom stereocenters. The first-order chi connectivity index (χ1) is 13.6. The Hall–Kier alpha value is -2.71. The van der Waals surface area contributed by atoms with Crippen LogP contribution >= 0.6 is 12.2 Å². The number of nitrogens with one attached hydrogen (secondary N) is 1. The zero-order valence-electron chi connectivity index (χ0n) is 15.9. The zero-order valence-corrected chi connectivity index (χ0v) is 16.7. The molecule has 2 aromatic carbocycles. The van der Waals surface area contributed by atoms with Gasteiger partial charge in [0, 0.05) is 24.4 Å². The summed E-state index contributed by atoms with van der Waals surface area (Å²) in [6.07, 6.45) is 0. The van der Waals surface area contributed by atoms with Gasteiger partial charge in [-0.15, -0.1) is 0 Å². The van der Waals surface area contributed by atoms with Crippen LogP contribution in [0.15, 0.2) is 48.5 Å². The fourth-order valence-electron chi connectivity index (χ4n) is 3.98. The van der Waals surface area contributed by atoms with Crippen LogP contribution in [0.2, 0.25) is 0 Å². The first-order valence-electron chi connectivity index (χ1n) is 9.59. The number of quaternary nitrogens is 1. The molecule has 3 aromatic rings. The maximum absolute atomic E-state index is 10.8. The number of aryl methyl sites for hydroxylation is 1. The molecule has 0 amide bonds. The number of anilines is 1. The normalized spacial score (nSPS) is 15.2. The van der Waals surface area contributed by atoms with Gasteiger partial charge < -0.3 is 14.4 Å². The van der Waals surface area contributed by atoms with Crippen LogP contribution in [-0.4, -0.2) is 40.2 Å². The van der Waals surface area contributed by atoms with Gasteiger partial charge in [-0.1, -0.05) is 12.1 Å². The average molecular weight is 399 g/mol. The van der Waals surface area contributed by atoms with Gasteiger partial charge in [0.25, 0.3) is 5.69 Å². The highest BCUT2D eigenvalue weighted by molar-refractivity contribution is 7.71. The maximum Gasteiger partial charge on any atom is 0.269 e. The van der Waals surface area contributed by atoms with Gasteiger partial charge in [0.15, 0.2) is 11.4 Å². The van der Waals surface area contributed by atoms with E-state index in [2.05, 4.69) is 45.2 Å². The van der Waals surface area contributed by atoms with E-state index < -0.39 is 0 Å². The second kappa shape index (κ2) is 7.73. The molecule has 0 aliphatic carbocycles. The summed E-state index contributed by atoms with van der Waals surface area (Å²) in [7, 11) is 0. The Balaban J connectivity index is 1.47. The predicted octanol–water partition coefficient (Wildman–Crippen LogP) is 2.46. The molecule has 0 spiro atoms. The third-order valence-corrected chi connectivity index (χ3v) is 5.96. The molecule has 1 aliphatic rings. The molecule has 1 fully saturated rings. The first-order valence-corrected chi connectivity index (χ1v) is 10.0. The Morgan fingerprint density at radius 3 is 2.21 bits per heavy atom. The predicted molar refractivity (Wildman–Crippen MR) is 112 cm³/mol. The Morgan fingerprint density at radius 1 is 1.04 bits per heavy atom. The molecule has 0 saturated carbocycles. The number of nitro groups is 1. The fourth-order valence-corrected chi connectivity index (χ4v) is 4.37. The number of fused-ring (bicyclic) bond motifs is 1. The number of rotatable bonds is 5. The number of piperazine rings is 1. The highest BCUT2D eigenvalue weighted by atomic mass is 32.1. The second-order valence-electron chi connectivity index (χ2n) is 7.11. The number of nitrogens with zero attached hydrogens (tertiary/aromatic N) is 4. The smallest absolute Gasteiger partial charge is 0.269 e. The van der Waals surface area contributed by atoms with Gasteiger partial charge in [-0.25, -0.2) is 0 Å². The van der Waals surface area contributed by atoms with Crippen molar-refractivity contribution in [3.63, 3.8) is 0 Å². The third kappa shape index (κ3) is 3.41. The number of para-hydroxylation sites is 2. The fraction of sp³-hybridized carbons (Fsp3) is 0.350. The SMILES string of the molecule is CCn1c(=S)n(C[NH+]2CCN(c3ccc([N+](=O)[O-])cc3)CC2)c2ccccc21. The van der Waals surface area contributed by atoms with E-state index in [1.54, 1.807) is 12.1 Å². The van der Waals surface area contributed by atoms with Crippen molar-refractivity contribution in [2.24, 2.45) is 0 Å². The summed E-state index contributed by atoms with van der Waals surface area (Å²) in [4.78, 5) is 14.3. The van der Waals surface area contributed by atoms with Gasteiger partial charge in [-0.05, 0) is 43.4 Å². The molecular formula is C20H24N5O2S+. The number of aromatic nitrogens is 2. The number of benzene rings is 2. The molecule has 2 heterocycles. The Kier molecular flexibility index (Phi) is 5.15. The highest BCUT2D eigenvalue weighted by Crippen LogP contribution is 2.20. The lowest BCUT2D eigenvalue weighted by Gasteiger charge is -2.33. The lowest BCUT2D eigenvalue weighted by atomic mass is 10.2. The largest absolute Gasteiger partial charge is 0.360 e. The van der Waals surface area contributed by atoms with E-state index in [0.29, 0.717) is 0 Å². The van der Waals surface area contributed by atoms with Crippen LogP contribution in [0.3, 0.4) is 0 Å². The molecule has 1 aliphatic heterocycles. The van der Waals surface area contributed by atoms with E-state index in [9.17, 15) is 10.1 Å². The Labute approximate surface area is 168 Å². The van der Waals surface area contributed by atoms with E-state index in [0.717, 1.165) is 49.9 Å². The van der Waals surface area contributed by atoms with Gasteiger partial charge in [0.2, 0.25) is 0 Å². The number of non-ortho nitro benzene ring substituents is 1. The Morgan fingerprint density at radius 2 is 1.64 bits per heavy atom. The molecule has 0 radical (unpaired) electrons. The molecule has 1 saturated heterocycles. The van der Waals surface area contributed by atoms with Crippen molar-refractivity contribution in [1.29, 1.82) is 0 Å². The van der Waals surface area contributed by atoms with Gasteiger partial charge >= 0.3 is 0 Å². The van der Waals surface area contributed by atoms with Crippen molar-refractivity contribution in [2.75, 3.05) is 31.1 Å². The molecule has 0 bridgehead atoms. The van der Waals surface area contributed by atoms with Crippen LogP contribution in [0, 0.1) is 14.9 Å². The quantitative estimate of drug-likeness (QED) is 0.407. The summed E-state index contributed by atoms with van der Waals surface area (Å²) in [5.41, 5.74) is 3.57. The molecule has 0 unspecified atom stereocenters. The number of hydrogen-bond donors (Lipinski definition) is 1. The summed E-state index contributed by atoms with van der Waals surface area (Å²) in [5.74, 6) is 0. The van der Waals surface area contributed by atoms with E-state index in [1.165, 1.54) is 15.9 Å². The first kappa shape index (κ1) is 18.6. The zero-order chi connectivity index (χ0) is 19.7. The van der Waals surface area contributed by atoms with Gasteiger partial charge in [-0.2, -0.15) is 0 Å². The Bertz CT molecular complexity index is 1050. The monoisotopic (exact) mass is 398 g/mol. The molecule has 1 aromatic heterocycles. The lowest BCUT2D eigenvalue weighted by Crippen LogP contribution is -3.14. The minimum Gasteiger partial charge on any atom is -0.360 e. The molecule has 1 N–H and O–H groups in total. The molecule has 7 nitrogen and oxygen atoms in total. The molecule has 8 heteroatoms. The maximum atomic E-state index is 10.8. The standard InChI is InChI=1S/C20H23N5O2S/c1-2-23-18-5-3-4-6-19(18)24(20(23)28)15-21-11-13-22(14-12-21)16-7-9-17(10-8-16)25(26)27/h3-10H,2,11-15H2,1H3/p+1. The van der Waals surface area contributed by atoms with Crippen LogP contribution in [0.5, 0.6) is 0 Å². The summed E-state index contributed by atoms with van der Waals surface area (Å²) in [5, 5.41) is 10.8. The number of hydrogen-bond acceptors (Lipinski definition) is 4. The number of imidazole rings is 1. The van der Waals surface area contributed by atoms with Gasteiger partial charge in [0.05, 0.1) is 42.1 Å². The summed E-state index contributed by atoms with van der Waals surface area (Å²) < 4.78 is 5.33. The van der Waals surface area contributed by atoms with Crippen LogP contribution in [0.25, 0.3) is 11.0 Å². The minimum atomic E-state index is -0.359. The van der Waals surface area contributed by atoms with Crippen LogP contribution in [0.1, 0.15) is 6.92 Å². The van der Waals surface area contributed by atoms with E-state index >= 15 is 0 Å². The molecule has 146 valence electrons. The van der Waals surface area contributed by atoms with Crippen LogP contribution in [0.4, 0.5) is 11.4 Å². The molecular weight excluding hydrogens is 374 g/mol. The van der Waals surface area contributed by atoms with E-state index in [4.69, 9.17) is 12.2 Å². The van der Waals surface area contributed by atoms with E-state index in [1.807, 2.05) is 12.1 Å².